The summed E-state index contributed by atoms with van der Waals surface area (Å²) in [6, 6.07) is 5.85. The molecule has 0 aliphatic carbocycles. The van der Waals surface area contributed by atoms with Crippen molar-refractivity contribution in [1.29, 1.82) is 0 Å². The Bertz CT molecular complexity index is 512. The van der Waals surface area contributed by atoms with Gasteiger partial charge in [-0.15, -0.1) is 0 Å². The molecule has 0 saturated heterocycles. The molecule has 0 amide bonds. The Hall–Kier alpha value is -2.08. The Balaban J connectivity index is 2.11. The predicted molar refractivity (Wildman–Crippen MR) is 69.0 cm³/mol. The van der Waals surface area contributed by atoms with Gasteiger partial charge in [-0.2, -0.15) is 4.98 Å². The van der Waals surface area contributed by atoms with Crippen LogP contribution in [0.25, 0.3) is 0 Å². The number of hydrogen-bond donors (Lipinski definition) is 1. The number of rotatable bonds is 6. The lowest BCUT2D eigenvalue weighted by atomic mass is 10.1. The molecule has 1 aromatic heterocycles. The monoisotopic (exact) mass is 263 g/mol. The average Bonchev–Trinajstić information content (AvgIpc) is 2.89. The Morgan fingerprint density at radius 1 is 1.37 bits per heavy atom. The Morgan fingerprint density at radius 3 is 2.84 bits per heavy atom. The highest BCUT2D eigenvalue weighted by Crippen LogP contribution is 2.29. The summed E-state index contributed by atoms with van der Waals surface area (Å²) in [5.74, 6) is 1.79. The molecule has 6 nitrogen and oxygen atoms in total. The zero-order valence-electron chi connectivity index (χ0n) is 11.0. The fraction of sp³-hybridized carbons (Fsp3) is 0.385. The van der Waals surface area contributed by atoms with Crippen molar-refractivity contribution in [1.82, 2.24) is 10.1 Å². The third kappa shape index (κ3) is 3.69. The molecule has 1 aromatic carbocycles. The van der Waals surface area contributed by atoms with E-state index in [4.69, 9.17) is 15.2 Å². The molecule has 0 fully saturated rings. The largest absolute Gasteiger partial charge is 0.493 e. The molecule has 0 bridgehead atoms. The van der Waals surface area contributed by atoms with E-state index in [1.165, 1.54) is 6.39 Å². The van der Waals surface area contributed by atoms with E-state index >= 15 is 0 Å². The first-order valence-corrected chi connectivity index (χ1v) is 5.99. The lowest BCUT2D eigenvalue weighted by Gasteiger charge is -2.12. The standard InChI is InChI=1S/C13H17N3O3/c1-9(14)5-10-3-4-11(17-2)12(6-10)18-7-13-15-8-19-16-13/h3-4,6,8-9H,5,7,14H2,1-2H3. The van der Waals surface area contributed by atoms with Gasteiger partial charge in [-0.1, -0.05) is 11.2 Å². The topological polar surface area (TPSA) is 83.4 Å². The van der Waals surface area contributed by atoms with E-state index < -0.39 is 0 Å². The first kappa shape index (κ1) is 13.4. The molecular formula is C13H17N3O3. The summed E-state index contributed by atoms with van der Waals surface area (Å²) in [7, 11) is 1.60. The van der Waals surface area contributed by atoms with Crippen LogP contribution in [0.2, 0.25) is 0 Å². The Labute approximate surface area is 111 Å². The zero-order chi connectivity index (χ0) is 13.7. The van der Waals surface area contributed by atoms with Gasteiger partial charge in [0.05, 0.1) is 7.11 Å². The van der Waals surface area contributed by atoms with Crippen molar-refractivity contribution in [3.63, 3.8) is 0 Å². The van der Waals surface area contributed by atoms with E-state index in [-0.39, 0.29) is 12.6 Å². The highest BCUT2D eigenvalue weighted by atomic mass is 16.5. The molecule has 0 aliphatic rings. The smallest absolute Gasteiger partial charge is 0.213 e. The summed E-state index contributed by atoms with van der Waals surface area (Å²) >= 11 is 0. The van der Waals surface area contributed by atoms with Crippen LogP contribution < -0.4 is 15.2 Å². The number of nitrogens with zero attached hydrogens (tertiary/aromatic N) is 2. The molecule has 1 atom stereocenters. The van der Waals surface area contributed by atoms with Crippen molar-refractivity contribution >= 4 is 0 Å². The van der Waals surface area contributed by atoms with Gasteiger partial charge in [0.25, 0.3) is 0 Å². The summed E-state index contributed by atoms with van der Waals surface area (Å²) in [5.41, 5.74) is 6.89. The second-order valence-electron chi connectivity index (χ2n) is 4.30. The first-order valence-electron chi connectivity index (χ1n) is 5.99. The van der Waals surface area contributed by atoms with E-state index in [1.54, 1.807) is 7.11 Å². The van der Waals surface area contributed by atoms with Crippen molar-refractivity contribution in [3.05, 3.63) is 36.0 Å². The maximum atomic E-state index is 5.79. The van der Waals surface area contributed by atoms with Crippen molar-refractivity contribution in [2.24, 2.45) is 5.73 Å². The van der Waals surface area contributed by atoms with Crippen LogP contribution in [-0.4, -0.2) is 23.3 Å². The van der Waals surface area contributed by atoms with Gasteiger partial charge in [0.2, 0.25) is 12.2 Å². The van der Waals surface area contributed by atoms with Gasteiger partial charge >= 0.3 is 0 Å². The SMILES string of the molecule is COc1ccc(CC(C)N)cc1OCc1ncon1. The van der Waals surface area contributed by atoms with Gasteiger partial charge in [-0.05, 0) is 31.0 Å². The maximum absolute atomic E-state index is 5.79. The fourth-order valence-electron chi connectivity index (χ4n) is 1.73. The van der Waals surface area contributed by atoms with Crippen molar-refractivity contribution in [2.75, 3.05) is 7.11 Å². The van der Waals surface area contributed by atoms with Crippen molar-refractivity contribution in [3.8, 4) is 11.5 Å². The van der Waals surface area contributed by atoms with Crippen LogP contribution in [0.5, 0.6) is 11.5 Å². The zero-order valence-corrected chi connectivity index (χ0v) is 11.0. The van der Waals surface area contributed by atoms with E-state index in [1.807, 2.05) is 25.1 Å². The minimum absolute atomic E-state index is 0.0958. The second-order valence-corrected chi connectivity index (χ2v) is 4.30. The number of methoxy groups -OCH3 is 1. The van der Waals surface area contributed by atoms with E-state index in [2.05, 4.69) is 14.7 Å². The van der Waals surface area contributed by atoms with Crippen LogP contribution in [0.15, 0.2) is 29.1 Å². The molecule has 2 rings (SSSR count). The highest BCUT2D eigenvalue weighted by Gasteiger charge is 2.09. The molecule has 0 aliphatic heterocycles. The van der Waals surface area contributed by atoms with E-state index in [0.717, 1.165) is 12.0 Å². The van der Waals surface area contributed by atoms with Gasteiger partial charge < -0.3 is 19.7 Å². The van der Waals surface area contributed by atoms with Crippen LogP contribution in [-0.2, 0) is 13.0 Å². The third-order valence-corrected chi connectivity index (χ3v) is 2.55. The van der Waals surface area contributed by atoms with Crippen LogP contribution in [0.4, 0.5) is 0 Å². The number of aromatic nitrogens is 2. The highest BCUT2D eigenvalue weighted by molar-refractivity contribution is 5.43. The number of ether oxygens (including phenoxy) is 2. The Kier molecular flexibility index (Phi) is 4.35. The predicted octanol–water partition coefficient (Wildman–Crippen LogP) is 1.55. The summed E-state index contributed by atoms with van der Waals surface area (Å²) in [6.45, 7) is 2.19. The van der Waals surface area contributed by atoms with Gasteiger partial charge in [0.15, 0.2) is 18.1 Å². The maximum Gasteiger partial charge on any atom is 0.213 e. The lowest BCUT2D eigenvalue weighted by molar-refractivity contribution is 0.269. The molecule has 0 radical (unpaired) electrons. The Morgan fingerprint density at radius 2 is 2.21 bits per heavy atom. The molecule has 2 N–H and O–H groups in total. The summed E-state index contributed by atoms with van der Waals surface area (Å²) in [4.78, 5) is 3.89. The van der Waals surface area contributed by atoms with Crippen LogP contribution in [0, 0.1) is 0 Å². The van der Waals surface area contributed by atoms with Crippen molar-refractivity contribution in [2.45, 2.75) is 26.0 Å². The quantitative estimate of drug-likeness (QED) is 0.851. The number of benzene rings is 1. The summed E-state index contributed by atoms with van der Waals surface area (Å²) < 4.78 is 15.5. The minimum Gasteiger partial charge on any atom is -0.493 e. The van der Waals surface area contributed by atoms with Crippen LogP contribution >= 0.6 is 0 Å². The average molecular weight is 263 g/mol. The molecule has 102 valence electrons. The van der Waals surface area contributed by atoms with Crippen LogP contribution in [0.1, 0.15) is 18.3 Å². The first-order chi connectivity index (χ1) is 9.19. The van der Waals surface area contributed by atoms with E-state index in [9.17, 15) is 0 Å². The van der Waals surface area contributed by atoms with Gasteiger partial charge in [0.1, 0.15) is 0 Å². The van der Waals surface area contributed by atoms with E-state index in [0.29, 0.717) is 17.3 Å². The van der Waals surface area contributed by atoms with Gasteiger partial charge in [-0.25, -0.2) is 0 Å². The van der Waals surface area contributed by atoms with Gasteiger partial charge in [-0.3, -0.25) is 0 Å². The van der Waals surface area contributed by atoms with Crippen molar-refractivity contribution < 1.29 is 14.0 Å². The molecule has 2 aromatic rings. The summed E-state index contributed by atoms with van der Waals surface area (Å²) in [5, 5.41) is 3.69. The molecular weight excluding hydrogens is 246 g/mol. The fourth-order valence-corrected chi connectivity index (χ4v) is 1.73. The lowest BCUT2D eigenvalue weighted by Crippen LogP contribution is -2.17. The normalized spacial score (nSPS) is 12.2. The molecule has 6 heteroatoms. The molecule has 19 heavy (non-hydrogen) atoms. The minimum atomic E-state index is 0.0958. The second kappa shape index (κ2) is 6.19. The van der Waals surface area contributed by atoms with Crippen LogP contribution in [0.3, 0.4) is 0 Å². The molecule has 0 spiro atoms. The summed E-state index contributed by atoms with van der Waals surface area (Å²) in [6.07, 6.45) is 2.05. The molecule has 1 unspecified atom stereocenters. The number of nitrogens with two attached hydrogens (primary N) is 1. The molecule has 1 heterocycles. The third-order valence-electron chi connectivity index (χ3n) is 2.55. The molecule has 0 saturated carbocycles. The number of hydrogen-bond acceptors (Lipinski definition) is 6. The van der Waals surface area contributed by atoms with Gasteiger partial charge in [0, 0.05) is 6.04 Å².